The van der Waals surface area contributed by atoms with Gasteiger partial charge in [-0.1, -0.05) is 6.58 Å². The van der Waals surface area contributed by atoms with Gasteiger partial charge in [0.2, 0.25) is 0 Å². The highest BCUT2D eigenvalue weighted by atomic mass is 16.5. The number of aromatic nitrogens is 4. The van der Waals surface area contributed by atoms with E-state index in [2.05, 4.69) is 16.5 Å². The zero-order chi connectivity index (χ0) is 21.1. The second-order valence-corrected chi connectivity index (χ2v) is 5.96. The van der Waals surface area contributed by atoms with E-state index in [0.29, 0.717) is 5.39 Å². The summed E-state index contributed by atoms with van der Waals surface area (Å²) in [6.07, 6.45) is 1.30. The van der Waals surface area contributed by atoms with Crippen LogP contribution >= 0.6 is 0 Å². The van der Waals surface area contributed by atoms with Crippen molar-refractivity contribution >= 4 is 22.7 Å². The highest BCUT2D eigenvalue weighted by Crippen LogP contribution is 2.37. The summed E-state index contributed by atoms with van der Waals surface area (Å²) >= 11 is 0. The predicted octanol–water partition coefficient (Wildman–Crippen LogP) is 0.603. The summed E-state index contributed by atoms with van der Waals surface area (Å²) < 4.78 is 6.26. The zero-order valence-corrected chi connectivity index (χ0v) is 15.0. The average Bonchev–Trinajstić information content (AvgIpc) is 2.95. The van der Waals surface area contributed by atoms with E-state index in [-0.39, 0.29) is 47.9 Å². The Kier molecular flexibility index (Phi) is 5.30. The first kappa shape index (κ1) is 19.6. The molecular formula is C18H16N4O7. The number of aromatic amines is 2. The molecule has 0 fully saturated rings. The number of H-pyrrole nitrogens is 2. The summed E-state index contributed by atoms with van der Waals surface area (Å²) in [5, 5.41) is 20.5. The summed E-state index contributed by atoms with van der Waals surface area (Å²) in [7, 11) is 0. The van der Waals surface area contributed by atoms with Gasteiger partial charge >= 0.3 is 23.3 Å². The number of rotatable bonds is 7. The van der Waals surface area contributed by atoms with Crippen molar-refractivity contribution in [1.82, 2.24) is 19.5 Å². The standard InChI is InChI=1S/C18H16N4O7/c1-2-12(23)29-7-3-6-22-13(14-19-17(27)21-18(28)20-14)11-8-9(16(25)26)4-5-10(11)15(22)24/h2,4-5,8,24H,1,3,6-7H2,(H,25,26)(H2,19,20,21,27,28). The number of hydrogen-bond acceptors (Lipinski definition) is 7. The Hall–Kier alpha value is -4.15. The number of carboxylic acids is 1. The van der Waals surface area contributed by atoms with Gasteiger partial charge in [0, 0.05) is 23.4 Å². The summed E-state index contributed by atoms with van der Waals surface area (Å²) in [5.41, 5.74) is -1.62. The number of nitrogens with zero attached hydrogens (tertiary/aromatic N) is 2. The number of hydrogen-bond donors (Lipinski definition) is 4. The molecule has 0 aliphatic heterocycles. The predicted molar refractivity (Wildman–Crippen MR) is 101 cm³/mol. The van der Waals surface area contributed by atoms with Crippen LogP contribution in [0, 0.1) is 0 Å². The van der Waals surface area contributed by atoms with Crippen LogP contribution < -0.4 is 11.4 Å². The molecule has 0 amide bonds. The number of nitrogens with one attached hydrogen (secondary N) is 2. The van der Waals surface area contributed by atoms with Crippen LogP contribution in [0.15, 0.2) is 40.4 Å². The van der Waals surface area contributed by atoms with E-state index in [0.717, 1.165) is 6.08 Å². The van der Waals surface area contributed by atoms with Crippen molar-refractivity contribution in [3.05, 3.63) is 57.4 Å². The lowest BCUT2D eigenvalue weighted by molar-refractivity contribution is -0.137. The lowest BCUT2D eigenvalue weighted by Crippen LogP contribution is -2.26. The fourth-order valence-electron chi connectivity index (χ4n) is 2.90. The Morgan fingerprint density at radius 3 is 2.66 bits per heavy atom. The minimum absolute atomic E-state index is 0.0257. The Balaban J connectivity index is 2.15. The molecule has 150 valence electrons. The monoisotopic (exact) mass is 400 g/mol. The summed E-state index contributed by atoms with van der Waals surface area (Å²) in [6, 6.07) is 4.04. The molecule has 3 aromatic rings. The highest BCUT2D eigenvalue weighted by Gasteiger charge is 2.21. The van der Waals surface area contributed by atoms with Crippen LogP contribution in [-0.2, 0) is 16.1 Å². The molecule has 29 heavy (non-hydrogen) atoms. The van der Waals surface area contributed by atoms with Gasteiger partial charge < -0.3 is 19.5 Å². The lowest BCUT2D eigenvalue weighted by atomic mass is 10.1. The maximum absolute atomic E-state index is 11.7. The average molecular weight is 400 g/mol. The van der Waals surface area contributed by atoms with Gasteiger partial charge in [0.15, 0.2) is 11.7 Å². The minimum Gasteiger partial charge on any atom is -0.494 e. The SMILES string of the molecule is C=CC(=O)OCCCn1c(O)c2ccc(C(=O)O)cc2c1-c1nc(=O)[nH]c(=O)[nH]1. The van der Waals surface area contributed by atoms with Gasteiger partial charge in [-0.25, -0.2) is 19.2 Å². The smallest absolute Gasteiger partial charge is 0.351 e. The van der Waals surface area contributed by atoms with Crippen LogP contribution in [0.5, 0.6) is 5.88 Å². The van der Waals surface area contributed by atoms with Crippen molar-refractivity contribution in [2.24, 2.45) is 0 Å². The third-order valence-corrected chi connectivity index (χ3v) is 4.12. The van der Waals surface area contributed by atoms with Crippen LogP contribution in [0.1, 0.15) is 16.8 Å². The number of fused-ring (bicyclic) bond motifs is 1. The van der Waals surface area contributed by atoms with Gasteiger partial charge in [0.1, 0.15) is 0 Å². The molecule has 2 aromatic heterocycles. The van der Waals surface area contributed by atoms with E-state index in [9.17, 15) is 29.4 Å². The van der Waals surface area contributed by atoms with Crippen molar-refractivity contribution in [1.29, 1.82) is 0 Å². The van der Waals surface area contributed by atoms with Crippen molar-refractivity contribution in [3.63, 3.8) is 0 Å². The van der Waals surface area contributed by atoms with E-state index in [1.54, 1.807) is 0 Å². The molecule has 2 heterocycles. The first-order valence-electron chi connectivity index (χ1n) is 8.40. The van der Waals surface area contributed by atoms with E-state index in [1.165, 1.54) is 22.8 Å². The van der Waals surface area contributed by atoms with Crippen LogP contribution in [0.25, 0.3) is 22.3 Å². The highest BCUT2D eigenvalue weighted by molar-refractivity contribution is 6.03. The summed E-state index contributed by atoms with van der Waals surface area (Å²) in [4.78, 5) is 53.9. The van der Waals surface area contributed by atoms with Gasteiger partial charge in [-0.3, -0.25) is 9.97 Å². The molecular weight excluding hydrogens is 384 g/mol. The first-order valence-corrected chi connectivity index (χ1v) is 8.40. The molecule has 4 N–H and O–H groups in total. The number of carbonyl (C=O) groups is 2. The molecule has 0 unspecified atom stereocenters. The van der Waals surface area contributed by atoms with Gasteiger partial charge in [-0.15, -0.1) is 0 Å². The zero-order valence-electron chi connectivity index (χ0n) is 15.0. The Bertz CT molecular complexity index is 1210. The van der Waals surface area contributed by atoms with Crippen molar-refractivity contribution in [2.45, 2.75) is 13.0 Å². The Morgan fingerprint density at radius 1 is 1.24 bits per heavy atom. The second kappa shape index (κ2) is 7.84. The van der Waals surface area contributed by atoms with Crippen molar-refractivity contribution in [3.8, 4) is 17.4 Å². The summed E-state index contributed by atoms with van der Waals surface area (Å²) in [6.45, 7) is 3.44. The molecule has 0 aliphatic rings. The molecule has 3 rings (SSSR count). The number of benzene rings is 1. The number of aromatic carboxylic acids is 1. The van der Waals surface area contributed by atoms with Crippen LogP contribution in [0.2, 0.25) is 0 Å². The molecule has 0 atom stereocenters. The fourth-order valence-corrected chi connectivity index (χ4v) is 2.90. The molecule has 0 radical (unpaired) electrons. The fraction of sp³-hybridized carbons (Fsp3) is 0.167. The van der Waals surface area contributed by atoms with E-state index < -0.39 is 23.3 Å². The van der Waals surface area contributed by atoms with Gasteiger partial charge in [-0.2, -0.15) is 4.98 Å². The molecule has 0 saturated heterocycles. The van der Waals surface area contributed by atoms with Gasteiger partial charge in [0.05, 0.1) is 17.9 Å². The molecule has 0 spiro atoms. The third kappa shape index (κ3) is 3.93. The molecule has 11 heteroatoms. The molecule has 0 aliphatic carbocycles. The summed E-state index contributed by atoms with van der Waals surface area (Å²) in [5.74, 6) is -2.15. The molecule has 11 nitrogen and oxygen atoms in total. The Morgan fingerprint density at radius 2 is 2.00 bits per heavy atom. The van der Waals surface area contributed by atoms with E-state index >= 15 is 0 Å². The van der Waals surface area contributed by atoms with Gasteiger partial charge in [0.25, 0.3) is 0 Å². The maximum Gasteiger partial charge on any atom is 0.351 e. The number of esters is 1. The van der Waals surface area contributed by atoms with E-state index in [4.69, 9.17) is 4.74 Å². The number of aromatic hydroxyl groups is 1. The van der Waals surface area contributed by atoms with Crippen LogP contribution in [0.4, 0.5) is 0 Å². The first-order chi connectivity index (χ1) is 13.8. The van der Waals surface area contributed by atoms with Crippen LogP contribution in [0.3, 0.4) is 0 Å². The van der Waals surface area contributed by atoms with Crippen molar-refractivity contribution < 1.29 is 24.5 Å². The Labute approximate surface area is 161 Å². The second-order valence-electron chi connectivity index (χ2n) is 5.96. The molecule has 0 saturated carbocycles. The van der Waals surface area contributed by atoms with E-state index in [1.807, 2.05) is 4.98 Å². The quantitative estimate of drug-likeness (QED) is 0.254. The topological polar surface area (TPSA) is 167 Å². The van der Waals surface area contributed by atoms with Crippen molar-refractivity contribution in [2.75, 3.05) is 6.61 Å². The largest absolute Gasteiger partial charge is 0.494 e. The normalized spacial score (nSPS) is 10.8. The van der Waals surface area contributed by atoms with Crippen LogP contribution in [-0.4, -0.2) is 48.3 Å². The number of ether oxygens (including phenoxy) is 1. The number of carbonyl (C=O) groups excluding carboxylic acids is 1. The third-order valence-electron chi connectivity index (χ3n) is 4.12. The maximum atomic E-state index is 11.7. The number of carboxylic acid groups (broad SMARTS) is 1. The molecule has 0 bridgehead atoms. The van der Waals surface area contributed by atoms with Gasteiger partial charge in [-0.05, 0) is 24.6 Å². The lowest BCUT2D eigenvalue weighted by Gasteiger charge is -2.10. The molecule has 1 aromatic carbocycles. The minimum atomic E-state index is -1.19.